The van der Waals surface area contributed by atoms with Crippen LogP contribution in [-0.2, 0) is 21.3 Å². The molecule has 6 nitrogen and oxygen atoms in total. The number of benzene rings is 1. The number of alkyl carbamates (subject to hydrolysis) is 1. The molecule has 164 valence electrons. The molecule has 1 aromatic carbocycles. The van der Waals surface area contributed by atoms with Gasteiger partial charge in [0.2, 0.25) is 0 Å². The third kappa shape index (κ3) is 3.69. The minimum absolute atomic E-state index is 0.0972. The largest absolute Gasteiger partial charge is 0.508 e. The van der Waals surface area contributed by atoms with Gasteiger partial charge in [0.25, 0.3) is 0 Å². The van der Waals surface area contributed by atoms with Crippen LogP contribution in [0, 0.1) is 5.92 Å². The first kappa shape index (κ1) is 20.1. The van der Waals surface area contributed by atoms with E-state index in [9.17, 15) is 9.90 Å². The standard InChI is InChI=1S/C24H34N2O4/c1-23(2,3)30-22(28)25-17-12-24-8-9-26(13-15-4-5-15)20(21(24)29-14-17)10-16-6-7-18(27)11-19(16)24/h6-7,11,15,17,20-21,27H,4-5,8-10,12-14H2,1-3H3,(H,25,28). The summed E-state index contributed by atoms with van der Waals surface area (Å²) in [6, 6.07) is 6.10. The normalized spacial score (nSPS) is 33.4. The van der Waals surface area contributed by atoms with Gasteiger partial charge >= 0.3 is 6.09 Å². The van der Waals surface area contributed by atoms with E-state index in [4.69, 9.17) is 9.47 Å². The Morgan fingerprint density at radius 3 is 2.90 bits per heavy atom. The maximum Gasteiger partial charge on any atom is 0.407 e. The molecule has 5 rings (SSSR count). The molecule has 0 spiro atoms. The Hall–Kier alpha value is -1.79. The average molecular weight is 415 g/mol. The first-order valence-electron chi connectivity index (χ1n) is 11.4. The number of carbonyl (C=O) groups is 1. The molecule has 1 amide bonds. The monoisotopic (exact) mass is 414 g/mol. The van der Waals surface area contributed by atoms with Crippen molar-refractivity contribution in [3.63, 3.8) is 0 Å². The molecule has 1 saturated carbocycles. The summed E-state index contributed by atoms with van der Waals surface area (Å²) in [5.41, 5.74) is 1.83. The second-order valence-corrected chi connectivity index (χ2v) is 10.8. The van der Waals surface area contributed by atoms with E-state index in [-0.39, 0.29) is 23.7 Å². The number of phenols is 1. The zero-order valence-electron chi connectivity index (χ0n) is 18.3. The van der Waals surface area contributed by atoms with Crippen LogP contribution < -0.4 is 5.32 Å². The van der Waals surface area contributed by atoms with Crippen molar-refractivity contribution < 1.29 is 19.4 Å². The second-order valence-electron chi connectivity index (χ2n) is 10.8. The molecule has 2 saturated heterocycles. The minimum atomic E-state index is -0.525. The Balaban J connectivity index is 1.43. The Morgan fingerprint density at radius 2 is 2.17 bits per heavy atom. The fraction of sp³-hybridized carbons (Fsp3) is 0.708. The van der Waals surface area contributed by atoms with Crippen molar-refractivity contribution in [1.82, 2.24) is 10.2 Å². The fourth-order valence-electron chi connectivity index (χ4n) is 5.91. The highest BCUT2D eigenvalue weighted by atomic mass is 16.6. The molecule has 1 aromatic rings. The van der Waals surface area contributed by atoms with Crippen LogP contribution >= 0.6 is 0 Å². The fourth-order valence-corrected chi connectivity index (χ4v) is 5.91. The van der Waals surface area contributed by atoms with Gasteiger partial charge in [-0.05, 0) is 88.6 Å². The Labute approximate surface area is 178 Å². The lowest BCUT2D eigenvalue weighted by molar-refractivity contribution is -0.137. The Morgan fingerprint density at radius 1 is 1.37 bits per heavy atom. The van der Waals surface area contributed by atoms with Crippen molar-refractivity contribution >= 4 is 6.09 Å². The van der Waals surface area contributed by atoms with Crippen LogP contribution in [0.4, 0.5) is 4.79 Å². The van der Waals surface area contributed by atoms with Crippen LogP contribution in [0.2, 0.25) is 0 Å². The molecule has 0 aromatic heterocycles. The summed E-state index contributed by atoms with van der Waals surface area (Å²) < 4.78 is 12.0. The van der Waals surface area contributed by atoms with Crippen molar-refractivity contribution in [1.29, 1.82) is 0 Å². The van der Waals surface area contributed by atoms with Crippen molar-refractivity contribution in [3.8, 4) is 5.75 Å². The highest BCUT2D eigenvalue weighted by Gasteiger charge is 2.57. The number of nitrogens with one attached hydrogen (secondary N) is 1. The van der Waals surface area contributed by atoms with Crippen molar-refractivity contribution in [2.45, 2.75) is 82.1 Å². The molecule has 0 radical (unpaired) electrons. The first-order chi connectivity index (χ1) is 14.2. The number of hydrogen-bond donors (Lipinski definition) is 2. The van der Waals surface area contributed by atoms with E-state index in [1.807, 2.05) is 26.8 Å². The number of likely N-dealkylation sites (tertiary alicyclic amines) is 1. The maximum absolute atomic E-state index is 12.4. The SMILES string of the molecule is CC(C)(C)OC(=O)NC1COC2C3Cc4ccc(O)cc4C2(CCN3CC2CC2)C1. The van der Waals surface area contributed by atoms with Crippen LogP contribution in [0.1, 0.15) is 57.6 Å². The summed E-state index contributed by atoms with van der Waals surface area (Å²) in [6.07, 6.45) is 5.21. The van der Waals surface area contributed by atoms with Gasteiger partial charge in [0.05, 0.1) is 18.8 Å². The Bertz CT molecular complexity index is 831. The molecule has 2 N–H and O–H groups in total. The number of carbonyl (C=O) groups excluding carboxylic acids is 1. The lowest BCUT2D eigenvalue weighted by Crippen LogP contribution is -2.68. The van der Waals surface area contributed by atoms with E-state index in [2.05, 4.69) is 16.3 Å². The number of amides is 1. The van der Waals surface area contributed by atoms with Crippen LogP contribution in [0.5, 0.6) is 5.75 Å². The number of nitrogens with zero attached hydrogens (tertiary/aromatic N) is 1. The quantitative estimate of drug-likeness (QED) is 0.794. The summed E-state index contributed by atoms with van der Waals surface area (Å²) in [5, 5.41) is 13.3. The second kappa shape index (κ2) is 7.13. The van der Waals surface area contributed by atoms with Gasteiger partial charge in [-0.25, -0.2) is 4.79 Å². The molecule has 2 aliphatic carbocycles. The van der Waals surface area contributed by atoms with E-state index in [0.717, 1.165) is 31.7 Å². The summed E-state index contributed by atoms with van der Waals surface area (Å²) in [6.45, 7) is 8.35. The number of ether oxygens (including phenoxy) is 2. The molecule has 4 unspecified atom stereocenters. The van der Waals surface area contributed by atoms with Crippen molar-refractivity contribution in [2.75, 3.05) is 19.7 Å². The van der Waals surface area contributed by atoms with Crippen molar-refractivity contribution in [3.05, 3.63) is 29.3 Å². The number of hydrogen-bond acceptors (Lipinski definition) is 5. The zero-order valence-corrected chi connectivity index (χ0v) is 18.3. The van der Waals surface area contributed by atoms with Crippen LogP contribution in [-0.4, -0.2) is 59.6 Å². The summed E-state index contributed by atoms with van der Waals surface area (Å²) >= 11 is 0. The van der Waals surface area contributed by atoms with Gasteiger partial charge in [-0.2, -0.15) is 0 Å². The van der Waals surface area contributed by atoms with E-state index in [1.54, 1.807) is 6.07 Å². The van der Waals surface area contributed by atoms with Crippen LogP contribution in [0.25, 0.3) is 0 Å². The average Bonchev–Trinajstić information content (AvgIpc) is 3.47. The van der Waals surface area contributed by atoms with Crippen LogP contribution in [0.15, 0.2) is 18.2 Å². The van der Waals surface area contributed by atoms with Crippen molar-refractivity contribution in [2.24, 2.45) is 5.92 Å². The Kier molecular flexibility index (Phi) is 4.78. The summed E-state index contributed by atoms with van der Waals surface area (Å²) in [4.78, 5) is 15.1. The number of rotatable bonds is 3. The molecular formula is C24H34N2O4. The van der Waals surface area contributed by atoms with E-state index in [0.29, 0.717) is 18.4 Å². The summed E-state index contributed by atoms with van der Waals surface area (Å²) in [5.74, 6) is 1.16. The van der Waals surface area contributed by atoms with Gasteiger partial charge < -0.3 is 19.9 Å². The van der Waals surface area contributed by atoms with Gasteiger partial charge in [-0.15, -0.1) is 0 Å². The van der Waals surface area contributed by atoms with Gasteiger partial charge in [0.1, 0.15) is 11.4 Å². The van der Waals surface area contributed by atoms with Gasteiger partial charge in [-0.3, -0.25) is 4.90 Å². The van der Waals surface area contributed by atoms with Crippen LogP contribution in [0.3, 0.4) is 0 Å². The molecule has 4 aliphatic rings. The summed E-state index contributed by atoms with van der Waals surface area (Å²) in [7, 11) is 0. The number of aromatic hydroxyl groups is 1. The lowest BCUT2D eigenvalue weighted by atomic mass is 9.58. The van der Waals surface area contributed by atoms with Gasteiger partial charge in [0.15, 0.2) is 0 Å². The van der Waals surface area contributed by atoms with E-state index in [1.165, 1.54) is 30.5 Å². The third-order valence-electron chi connectivity index (χ3n) is 7.27. The third-order valence-corrected chi connectivity index (χ3v) is 7.27. The predicted molar refractivity (Wildman–Crippen MR) is 114 cm³/mol. The molecule has 30 heavy (non-hydrogen) atoms. The molecule has 2 aliphatic heterocycles. The lowest BCUT2D eigenvalue weighted by Gasteiger charge is -2.59. The van der Waals surface area contributed by atoms with E-state index < -0.39 is 5.60 Å². The molecule has 3 fully saturated rings. The van der Waals surface area contributed by atoms with Gasteiger partial charge in [-0.1, -0.05) is 6.07 Å². The number of piperidine rings is 1. The number of phenolic OH excluding ortho intramolecular Hbond substituents is 1. The molecule has 4 atom stereocenters. The zero-order chi connectivity index (χ0) is 21.1. The molecular weight excluding hydrogens is 380 g/mol. The highest BCUT2D eigenvalue weighted by Crippen LogP contribution is 2.52. The number of fused-ring (bicyclic) bond motifs is 1. The van der Waals surface area contributed by atoms with E-state index >= 15 is 0 Å². The molecule has 2 bridgehead atoms. The maximum atomic E-state index is 12.4. The first-order valence-corrected chi connectivity index (χ1v) is 11.4. The highest BCUT2D eigenvalue weighted by molar-refractivity contribution is 5.68. The minimum Gasteiger partial charge on any atom is -0.508 e. The molecule has 6 heteroatoms. The predicted octanol–water partition coefficient (Wildman–Crippen LogP) is 3.35. The molecule has 2 heterocycles. The smallest absolute Gasteiger partial charge is 0.407 e. The van der Waals surface area contributed by atoms with Gasteiger partial charge in [0, 0.05) is 18.0 Å². The topological polar surface area (TPSA) is 71.0 Å².